The van der Waals surface area contributed by atoms with Gasteiger partial charge in [0, 0.05) is 26.2 Å². The molecule has 1 heterocycles. The highest BCUT2D eigenvalue weighted by Gasteiger charge is 2.06. The van der Waals surface area contributed by atoms with Crippen LogP contribution in [0.25, 0.3) is 26.2 Å². The molecule has 0 saturated carbocycles. The van der Waals surface area contributed by atoms with E-state index in [-0.39, 0.29) is 0 Å². The van der Waals surface area contributed by atoms with Crippen LogP contribution >= 0.6 is 11.3 Å². The molecule has 3 aromatic rings. The molecule has 0 unspecified atom stereocenters. The molecule has 88 valence electrons. The normalized spacial score (nSPS) is 11.6. The molecule has 0 saturated heterocycles. The number of carboxylic acid groups (broad SMARTS) is 1. The average molecular weight is 254 g/mol. The number of fused-ring (bicyclic) bond motifs is 3. The molecule has 3 heteroatoms. The van der Waals surface area contributed by atoms with Gasteiger partial charge in [0.15, 0.2) is 0 Å². The van der Waals surface area contributed by atoms with E-state index in [1.165, 1.54) is 21.5 Å². The van der Waals surface area contributed by atoms with Gasteiger partial charge in [0.25, 0.3) is 0 Å². The third-order valence-corrected chi connectivity index (χ3v) is 4.08. The number of benzene rings is 2. The molecular weight excluding hydrogens is 244 g/mol. The summed E-state index contributed by atoms with van der Waals surface area (Å²) >= 11 is 1.70. The number of aliphatic carboxylic acids is 1. The Balaban J connectivity index is 2.31. The summed E-state index contributed by atoms with van der Waals surface area (Å²) in [6.07, 6.45) is 2.83. The van der Waals surface area contributed by atoms with Crippen LogP contribution in [-0.2, 0) is 4.79 Å². The van der Waals surface area contributed by atoms with Crippen LogP contribution in [0.3, 0.4) is 0 Å². The SMILES string of the molecule is O=C(O)/C=C/c1cccc2c1sc1ccccc12. The second kappa shape index (κ2) is 4.27. The Labute approximate surface area is 108 Å². The fourth-order valence-corrected chi connectivity index (χ4v) is 3.26. The predicted molar refractivity (Wildman–Crippen MR) is 76.0 cm³/mol. The van der Waals surface area contributed by atoms with Crippen molar-refractivity contribution in [1.82, 2.24) is 0 Å². The van der Waals surface area contributed by atoms with Crippen LogP contribution < -0.4 is 0 Å². The Morgan fingerprint density at radius 1 is 1.06 bits per heavy atom. The molecule has 0 atom stereocenters. The second-order valence-corrected chi connectivity index (χ2v) is 5.05. The standard InChI is InChI=1S/C15H10O2S/c16-14(17)9-8-10-4-3-6-12-11-5-1-2-7-13(11)18-15(10)12/h1-9H,(H,16,17)/b9-8+. The summed E-state index contributed by atoms with van der Waals surface area (Å²) < 4.78 is 2.36. The molecule has 3 rings (SSSR count). The second-order valence-electron chi connectivity index (χ2n) is 3.99. The van der Waals surface area contributed by atoms with Crippen LogP contribution in [0.15, 0.2) is 48.5 Å². The fourth-order valence-electron chi connectivity index (χ4n) is 2.06. The minimum Gasteiger partial charge on any atom is -0.478 e. The zero-order chi connectivity index (χ0) is 12.5. The minimum absolute atomic E-state index is 0.923. The topological polar surface area (TPSA) is 37.3 Å². The van der Waals surface area contributed by atoms with Gasteiger partial charge in [-0.25, -0.2) is 4.79 Å². The third kappa shape index (κ3) is 1.79. The van der Waals surface area contributed by atoms with E-state index in [9.17, 15) is 4.79 Å². The molecule has 1 aromatic heterocycles. The van der Waals surface area contributed by atoms with Crippen molar-refractivity contribution in [2.45, 2.75) is 0 Å². The molecule has 0 radical (unpaired) electrons. The van der Waals surface area contributed by atoms with Gasteiger partial charge >= 0.3 is 5.97 Å². The Morgan fingerprint density at radius 3 is 2.67 bits per heavy atom. The lowest BCUT2D eigenvalue weighted by molar-refractivity contribution is -0.131. The van der Waals surface area contributed by atoms with Crippen molar-refractivity contribution in [3.8, 4) is 0 Å². The van der Waals surface area contributed by atoms with Gasteiger partial charge in [-0.15, -0.1) is 11.3 Å². The molecule has 0 bridgehead atoms. The largest absolute Gasteiger partial charge is 0.478 e. The van der Waals surface area contributed by atoms with Crippen molar-refractivity contribution < 1.29 is 9.90 Å². The summed E-state index contributed by atoms with van der Waals surface area (Å²) in [5.74, 6) is -0.923. The third-order valence-electron chi connectivity index (χ3n) is 2.84. The zero-order valence-corrected chi connectivity index (χ0v) is 10.3. The van der Waals surface area contributed by atoms with Gasteiger partial charge in [-0.05, 0) is 17.7 Å². The molecule has 0 aliphatic carbocycles. The van der Waals surface area contributed by atoms with Crippen molar-refractivity contribution in [1.29, 1.82) is 0 Å². The maximum atomic E-state index is 10.6. The van der Waals surface area contributed by atoms with E-state index in [4.69, 9.17) is 5.11 Å². The highest BCUT2D eigenvalue weighted by atomic mass is 32.1. The van der Waals surface area contributed by atoms with Crippen LogP contribution in [0.5, 0.6) is 0 Å². The van der Waals surface area contributed by atoms with E-state index in [0.717, 1.165) is 10.3 Å². The van der Waals surface area contributed by atoms with E-state index in [1.807, 2.05) is 24.3 Å². The summed E-state index contributed by atoms with van der Waals surface area (Å²) in [5, 5.41) is 11.1. The first-order valence-corrected chi connectivity index (χ1v) is 6.38. The van der Waals surface area contributed by atoms with Gasteiger partial charge in [0.2, 0.25) is 0 Å². The van der Waals surface area contributed by atoms with Crippen molar-refractivity contribution in [2.75, 3.05) is 0 Å². The van der Waals surface area contributed by atoms with E-state index in [1.54, 1.807) is 17.4 Å². The van der Waals surface area contributed by atoms with Crippen molar-refractivity contribution in [3.05, 3.63) is 54.1 Å². The predicted octanol–water partition coefficient (Wildman–Crippen LogP) is 4.15. The Bertz CT molecular complexity index is 768. The van der Waals surface area contributed by atoms with E-state index in [2.05, 4.69) is 18.2 Å². The Hall–Kier alpha value is -2.13. The Morgan fingerprint density at radius 2 is 1.83 bits per heavy atom. The van der Waals surface area contributed by atoms with Gasteiger partial charge in [0.1, 0.15) is 0 Å². The van der Waals surface area contributed by atoms with Gasteiger partial charge in [-0.1, -0.05) is 36.4 Å². The molecule has 2 aromatic carbocycles. The summed E-state index contributed by atoms with van der Waals surface area (Å²) in [4.78, 5) is 10.6. The highest BCUT2D eigenvalue weighted by Crippen LogP contribution is 2.35. The summed E-state index contributed by atoms with van der Waals surface area (Å²) in [7, 11) is 0. The van der Waals surface area contributed by atoms with Crippen LogP contribution in [0.2, 0.25) is 0 Å². The summed E-state index contributed by atoms with van der Waals surface area (Å²) in [6.45, 7) is 0. The average Bonchev–Trinajstić information content (AvgIpc) is 2.75. The van der Waals surface area contributed by atoms with Gasteiger partial charge < -0.3 is 5.11 Å². The van der Waals surface area contributed by atoms with Crippen molar-refractivity contribution in [2.24, 2.45) is 0 Å². The first-order chi connectivity index (χ1) is 8.75. The van der Waals surface area contributed by atoms with E-state index >= 15 is 0 Å². The first-order valence-electron chi connectivity index (χ1n) is 5.57. The van der Waals surface area contributed by atoms with Gasteiger partial charge in [-0.3, -0.25) is 0 Å². The van der Waals surface area contributed by atoms with E-state index < -0.39 is 5.97 Å². The molecule has 0 aliphatic rings. The lowest BCUT2D eigenvalue weighted by atomic mass is 10.1. The quantitative estimate of drug-likeness (QED) is 0.697. The number of hydrogen-bond acceptors (Lipinski definition) is 2. The molecular formula is C15H10O2S. The van der Waals surface area contributed by atoms with Crippen LogP contribution in [0, 0.1) is 0 Å². The molecule has 0 aliphatic heterocycles. The summed E-state index contributed by atoms with van der Waals surface area (Å²) in [6, 6.07) is 14.2. The van der Waals surface area contributed by atoms with E-state index in [0.29, 0.717) is 0 Å². The Kier molecular flexibility index (Phi) is 2.61. The number of rotatable bonds is 2. The lowest BCUT2D eigenvalue weighted by Gasteiger charge is -1.95. The minimum atomic E-state index is -0.923. The molecule has 0 amide bonds. The molecule has 18 heavy (non-hydrogen) atoms. The van der Waals surface area contributed by atoms with Gasteiger partial charge in [0.05, 0.1) is 0 Å². The molecule has 1 N–H and O–H groups in total. The number of carboxylic acids is 1. The van der Waals surface area contributed by atoms with Crippen LogP contribution in [0.4, 0.5) is 0 Å². The van der Waals surface area contributed by atoms with Crippen LogP contribution in [-0.4, -0.2) is 11.1 Å². The van der Waals surface area contributed by atoms with Crippen molar-refractivity contribution in [3.63, 3.8) is 0 Å². The molecule has 0 fully saturated rings. The smallest absolute Gasteiger partial charge is 0.328 e. The molecule has 0 spiro atoms. The van der Waals surface area contributed by atoms with Crippen molar-refractivity contribution >= 4 is 43.6 Å². The summed E-state index contributed by atoms with van der Waals surface area (Å²) in [5.41, 5.74) is 0.955. The maximum Gasteiger partial charge on any atom is 0.328 e. The lowest BCUT2D eigenvalue weighted by Crippen LogP contribution is -1.85. The number of carbonyl (C=O) groups is 1. The monoisotopic (exact) mass is 254 g/mol. The van der Waals surface area contributed by atoms with Crippen LogP contribution in [0.1, 0.15) is 5.56 Å². The number of thiophene rings is 1. The number of hydrogen-bond donors (Lipinski definition) is 1. The van der Waals surface area contributed by atoms with Gasteiger partial charge in [-0.2, -0.15) is 0 Å². The first kappa shape index (κ1) is 11.0. The zero-order valence-electron chi connectivity index (χ0n) is 9.46. The highest BCUT2D eigenvalue weighted by molar-refractivity contribution is 7.26. The molecule has 2 nitrogen and oxygen atoms in total. The maximum absolute atomic E-state index is 10.6. The fraction of sp³-hybridized carbons (Fsp3) is 0.